The van der Waals surface area contributed by atoms with Crippen LogP contribution in [-0.4, -0.2) is 5.91 Å². The second-order valence-electron chi connectivity index (χ2n) is 3.86. The van der Waals surface area contributed by atoms with Crippen LogP contribution < -0.4 is 10.6 Å². The van der Waals surface area contributed by atoms with Crippen molar-refractivity contribution in [3.63, 3.8) is 0 Å². The number of allylic oxidation sites excluding steroid dienone is 1. The molecule has 1 aromatic rings. The molecule has 1 aliphatic rings. The molecule has 88 valence electrons. The summed E-state index contributed by atoms with van der Waals surface area (Å²) in [5, 5.41) is 22.8. The van der Waals surface area contributed by atoms with Gasteiger partial charge in [0.1, 0.15) is 17.7 Å². The van der Waals surface area contributed by atoms with Crippen LogP contribution in [0.1, 0.15) is 11.1 Å². The molecule has 0 fully saturated rings. The minimum atomic E-state index is 0.0148. The number of benzene rings is 1. The Kier molecular flexibility index (Phi) is 3.26. The number of fused-ring (bicyclic) bond motifs is 1. The maximum atomic E-state index is 11.2. The molecular formula is C13H10N4O. The molecule has 1 amide bonds. The van der Waals surface area contributed by atoms with E-state index in [0.29, 0.717) is 13.0 Å². The molecule has 0 spiro atoms. The van der Waals surface area contributed by atoms with E-state index in [1.807, 2.05) is 18.2 Å². The Morgan fingerprint density at radius 2 is 2.11 bits per heavy atom. The fourth-order valence-corrected chi connectivity index (χ4v) is 1.73. The van der Waals surface area contributed by atoms with E-state index in [2.05, 4.69) is 10.6 Å². The van der Waals surface area contributed by atoms with Gasteiger partial charge in [0.25, 0.3) is 0 Å². The Morgan fingerprint density at radius 3 is 2.83 bits per heavy atom. The van der Waals surface area contributed by atoms with E-state index >= 15 is 0 Å². The first-order valence-electron chi connectivity index (χ1n) is 5.38. The van der Waals surface area contributed by atoms with E-state index < -0.39 is 0 Å². The third-order valence-corrected chi connectivity index (χ3v) is 2.66. The summed E-state index contributed by atoms with van der Waals surface area (Å²) in [6.07, 6.45) is 1.76. The van der Waals surface area contributed by atoms with Crippen molar-refractivity contribution in [1.82, 2.24) is 5.32 Å². The van der Waals surface area contributed by atoms with Gasteiger partial charge in [0.15, 0.2) is 0 Å². The van der Waals surface area contributed by atoms with Crippen LogP contribution >= 0.6 is 0 Å². The van der Waals surface area contributed by atoms with E-state index in [1.54, 1.807) is 12.1 Å². The summed E-state index contributed by atoms with van der Waals surface area (Å²) in [4.78, 5) is 11.2. The Hall–Kier alpha value is -2.79. The van der Waals surface area contributed by atoms with Crippen LogP contribution in [0.4, 0.5) is 5.69 Å². The molecule has 0 unspecified atom stereocenters. The van der Waals surface area contributed by atoms with Gasteiger partial charge >= 0.3 is 0 Å². The zero-order valence-corrected chi connectivity index (χ0v) is 9.53. The van der Waals surface area contributed by atoms with E-state index in [4.69, 9.17) is 10.5 Å². The van der Waals surface area contributed by atoms with Crippen LogP contribution in [0.5, 0.6) is 0 Å². The van der Waals surface area contributed by atoms with Crippen LogP contribution in [0.2, 0.25) is 0 Å². The summed E-state index contributed by atoms with van der Waals surface area (Å²) in [5.41, 5.74) is 2.85. The predicted molar refractivity (Wildman–Crippen MR) is 64.9 cm³/mol. The van der Waals surface area contributed by atoms with E-state index in [9.17, 15) is 4.79 Å². The molecule has 5 heteroatoms. The van der Waals surface area contributed by atoms with Gasteiger partial charge in [0, 0.05) is 18.4 Å². The number of hydrogen-bond acceptors (Lipinski definition) is 4. The molecule has 0 radical (unpaired) electrons. The van der Waals surface area contributed by atoms with Gasteiger partial charge < -0.3 is 10.6 Å². The standard InChI is InChI=1S/C13H10N4O/c14-5-9(6-15)7-16-12-2-1-10-4-13(18)17-8-11(10)3-12/h1-3,7,16H,4,8H2,(H,17,18). The smallest absolute Gasteiger partial charge is 0.224 e. The molecule has 0 atom stereocenters. The number of nitrogens with one attached hydrogen (secondary N) is 2. The SMILES string of the molecule is N#CC(C#N)=CNc1ccc2c(c1)CNC(=O)C2. The van der Waals surface area contributed by atoms with Gasteiger partial charge in [-0.3, -0.25) is 4.79 Å². The number of nitrogens with zero attached hydrogens (tertiary/aromatic N) is 2. The summed E-state index contributed by atoms with van der Waals surface area (Å²) in [7, 11) is 0. The highest BCUT2D eigenvalue weighted by Gasteiger charge is 2.14. The van der Waals surface area contributed by atoms with Crippen molar-refractivity contribution in [2.75, 3.05) is 5.32 Å². The third kappa shape index (κ3) is 2.47. The number of anilines is 1. The molecular weight excluding hydrogens is 228 g/mol. The summed E-state index contributed by atoms with van der Waals surface area (Å²) in [6, 6.07) is 9.14. The minimum absolute atomic E-state index is 0.0148. The molecule has 0 saturated carbocycles. The van der Waals surface area contributed by atoms with Crippen molar-refractivity contribution in [3.05, 3.63) is 41.1 Å². The molecule has 0 aliphatic carbocycles. The fraction of sp³-hybridized carbons (Fsp3) is 0.154. The van der Waals surface area contributed by atoms with E-state index in [1.165, 1.54) is 6.20 Å². The van der Waals surface area contributed by atoms with Gasteiger partial charge in [-0.05, 0) is 23.3 Å². The monoisotopic (exact) mass is 238 g/mol. The normalized spacial score (nSPS) is 12.4. The maximum absolute atomic E-state index is 11.2. The third-order valence-electron chi connectivity index (χ3n) is 2.66. The van der Waals surface area contributed by atoms with Crippen LogP contribution in [0.25, 0.3) is 0 Å². The number of amides is 1. The lowest BCUT2D eigenvalue weighted by atomic mass is 10.00. The topological polar surface area (TPSA) is 88.7 Å². The molecule has 18 heavy (non-hydrogen) atoms. The van der Waals surface area contributed by atoms with Crippen molar-refractivity contribution < 1.29 is 4.79 Å². The lowest BCUT2D eigenvalue weighted by Crippen LogP contribution is -2.30. The quantitative estimate of drug-likeness (QED) is 0.758. The van der Waals surface area contributed by atoms with Crippen LogP contribution in [-0.2, 0) is 17.8 Å². The summed E-state index contributed by atoms with van der Waals surface area (Å²) >= 11 is 0. The first kappa shape index (κ1) is 11.7. The Bertz CT molecular complexity index is 588. The van der Waals surface area contributed by atoms with Gasteiger partial charge in [-0.25, -0.2) is 0 Å². The van der Waals surface area contributed by atoms with E-state index in [0.717, 1.165) is 16.8 Å². The first-order chi connectivity index (χ1) is 8.72. The summed E-state index contributed by atoms with van der Waals surface area (Å²) in [6.45, 7) is 0.511. The van der Waals surface area contributed by atoms with Crippen LogP contribution in [0.15, 0.2) is 30.0 Å². The summed E-state index contributed by atoms with van der Waals surface area (Å²) < 4.78 is 0. The molecule has 0 saturated heterocycles. The number of rotatable bonds is 2. The maximum Gasteiger partial charge on any atom is 0.224 e. The fourth-order valence-electron chi connectivity index (χ4n) is 1.73. The second-order valence-corrected chi connectivity index (χ2v) is 3.86. The van der Waals surface area contributed by atoms with Crippen LogP contribution in [0.3, 0.4) is 0 Å². The Morgan fingerprint density at radius 1 is 1.33 bits per heavy atom. The Balaban J connectivity index is 2.18. The molecule has 2 N–H and O–H groups in total. The Labute approximate surface area is 104 Å². The average molecular weight is 238 g/mol. The van der Waals surface area contributed by atoms with Crippen molar-refractivity contribution in [2.45, 2.75) is 13.0 Å². The van der Waals surface area contributed by atoms with Gasteiger partial charge in [0.05, 0.1) is 6.42 Å². The van der Waals surface area contributed by atoms with Crippen molar-refractivity contribution in [3.8, 4) is 12.1 Å². The molecule has 1 heterocycles. The van der Waals surface area contributed by atoms with Gasteiger partial charge in [0.2, 0.25) is 5.91 Å². The van der Waals surface area contributed by atoms with Crippen molar-refractivity contribution >= 4 is 11.6 Å². The highest BCUT2D eigenvalue weighted by Crippen LogP contribution is 2.19. The molecule has 2 rings (SSSR count). The predicted octanol–water partition coefficient (Wildman–Crippen LogP) is 1.20. The zero-order valence-electron chi connectivity index (χ0n) is 9.53. The second kappa shape index (κ2) is 5.03. The molecule has 0 aromatic heterocycles. The van der Waals surface area contributed by atoms with Crippen molar-refractivity contribution in [1.29, 1.82) is 10.5 Å². The zero-order chi connectivity index (χ0) is 13.0. The van der Waals surface area contributed by atoms with Crippen LogP contribution in [0, 0.1) is 22.7 Å². The minimum Gasteiger partial charge on any atom is -0.360 e. The number of nitriles is 2. The molecule has 1 aliphatic heterocycles. The average Bonchev–Trinajstić information content (AvgIpc) is 2.40. The number of hydrogen-bond donors (Lipinski definition) is 2. The lowest BCUT2D eigenvalue weighted by molar-refractivity contribution is -0.121. The van der Waals surface area contributed by atoms with Crippen molar-refractivity contribution in [2.24, 2.45) is 0 Å². The van der Waals surface area contributed by atoms with Gasteiger partial charge in [-0.1, -0.05) is 6.07 Å². The van der Waals surface area contributed by atoms with Gasteiger partial charge in [-0.2, -0.15) is 10.5 Å². The molecule has 1 aromatic carbocycles. The van der Waals surface area contributed by atoms with Gasteiger partial charge in [-0.15, -0.1) is 0 Å². The summed E-state index contributed by atoms with van der Waals surface area (Å²) in [5.74, 6) is 0.0272. The molecule has 5 nitrogen and oxygen atoms in total. The van der Waals surface area contributed by atoms with E-state index in [-0.39, 0.29) is 11.5 Å². The highest BCUT2D eigenvalue weighted by molar-refractivity contribution is 5.81. The molecule has 0 bridgehead atoms. The first-order valence-corrected chi connectivity index (χ1v) is 5.38. The highest BCUT2D eigenvalue weighted by atomic mass is 16.1. The largest absolute Gasteiger partial charge is 0.360 e. The number of carbonyl (C=O) groups excluding carboxylic acids is 1. The number of carbonyl (C=O) groups is 1. The lowest BCUT2D eigenvalue weighted by Gasteiger charge is -2.17.